The number of halogens is 1. The van der Waals surface area contributed by atoms with Gasteiger partial charge in [-0.1, -0.05) is 29.8 Å². The second-order valence-corrected chi connectivity index (χ2v) is 7.19. The number of benzene rings is 2. The summed E-state index contributed by atoms with van der Waals surface area (Å²) in [6.07, 6.45) is 0. The summed E-state index contributed by atoms with van der Waals surface area (Å²) in [5, 5.41) is 14.3. The van der Waals surface area contributed by atoms with Crippen molar-refractivity contribution in [3.8, 4) is 0 Å². The topological polar surface area (TPSA) is 95.8 Å². The lowest BCUT2D eigenvalue weighted by Crippen LogP contribution is -2.51. The molecule has 0 saturated carbocycles. The fourth-order valence-electron chi connectivity index (χ4n) is 3.30. The molecule has 0 aliphatic carbocycles. The van der Waals surface area contributed by atoms with Crippen molar-refractivity contribution in [2.24, 2.45) is 0 Å². The molecule has 152 valence electrons. The molecule has 0 radical (unpaired) electrons. The highest BCUT2D eigenvalue weighted by molar-refractivity contribution is 6.30. The minimum Gasteiger partial charge on any atom is -0.362 e. The number of nitrogens with zero attached hydrogens (tertiary/aromatic N) is 3. The molecule has 2 aromatic carbocycles. The number of nitrogens with one attached hydrogen (secondary N) is 1. The van der Waals surface area contributed by atoms with Crippen molar-refractivity contribution in [3.63, 3.8) is 0 Å². The molecule has 9 heteroatoms. The molecule has 1 aliphatic heterocycles. The van der Waals surface area contributed by atoms with Crippen molar-refractivity contribution in [1.29, 1.82) is 0 Å². The average molecular weight is 417 g/mol. The Morgan fingerprint density at radius 1 is 1.14 bits per heavy atom. The van der Waals surface area contributed by atoms with Gasteiger partial charge in [-0.15, -0.1) is 0 Å². The van der Waals surface area contributed by atoms with Gasteiger partial charge in [0.25, 0.3) is 11.6 Å². The highest BCUT2D eigenvalue weighted by Crippen LogP contribution is 2.31. The summed E-state index contributed by atoms with van der Waals surface area (Å²) in [6.45, 7) is 3.50. The van der Waals surface area contributed by atoms with E-state index < -0.39 is 4.92 Å². The van der Waals surface area contributed by atoms with Gasteiger partial charge in [-0.2, -0.15) is 0 Å². The first-order valence-corrected chi connectivity index (χ1v) is 9.55. The van der Waals surface area contributed by atoms with Gasteiger partial charge in [0.15, 0.2) is 0 Å². The molecule has 2 amide bonds. The Kier molecular flexibility index (Phi) is 6.33. The second kappa shape index (κ2) is 8.91. The van der Waals surface area contributed by atoms with Crippen LogP contribution in [0.4, 0.5) is 11.4 Å². The fourth-order valence-corrected chi connectivity index (χ4v) is 3.46. The first-order valence-electron chi connectivity index (χ1n) is 9.17. The van der Waals surface area contributed by atoms with Crippen molar-refractivity contribution in [3.05, 3.63) is 68.7 Å². The maximum absolute atomic E-state index is 12.4. The Morgan fingerprint density at radius 3 is 2.48 bits per heavy atom. The maximum Gasteiger partial charge on any atom is 0.294 e. The molecule has 3 rings (SSSR count). The number of hydrogen-bond acceptors (Lipinski definition) is 5. The molecule has 1 fully saturated rings. The number of nitro benzene ring substituents is 1. The van der Waals surface area contributed by atoms with Crippen LogP contribution < -0.4 is 10.2 Å². The monoisotopic (exact) mass is 416 g/mol. The lowest BCUT2D eigenvalue weighted by atomic mass is 10.1. The van der Waals surface area contributed by atoms with E-state index in [0.717, 1.165) is 5.56 Å². The zero-order chi connectivity index (χ0) is 21.0. The van der Waals surface area contributed by atoms with Crippen LogP contribution in [0.3, 0.4) is 0 Å². The van der Waals surface area contributed by atoms with Crippen LogP contribution in [0, 0.1) is 17.0 Å². The molecule has 29 heavy (non-hydrogen) atoms. The number of carbonyl (C=O) groups is 2. The number of amides is 2. The molecule has 0 bridgehead atoms. The normalized spacial score (nSPS) is 13.9. The smallest absolute Gasteiger partial charge is 0.294 e. The van der Waals surface area contributed by atoms with Crippen LogP contribution in [0.25, 0.3) is 0 Å². The van der Waals surface area contributed by atoms with E-state index in [4.69, 9.17) is 11.6 Å². The first kappa shape index (κ1) is 20.6. The van der Waals surface area contributed by atoms with Gasteiger partial charge in [0.1, 0.15) is 5.69 Å². The molecule has 0 aromatic heterocycles. The van der Waals surface area contributed by atoms with Gasteiger partial charge in [-0.3, -0.25) is 19.7 Å². The highest BCUT2D eigenvalue weighted by atomic mass is 35.5. The summed E-state index contributed by atoms with van der Waals surface area (Å²) in [4.78, 5) is 39.1. The van der Waals surface area contributed by atoms with Gasteiger partial charge in [0.2, 0.25) is 5.91 Å². The molecular formula is C20H21ClN4O4. The standard InChI is InChI=1S/C20H21ClN4O4/c1-14-4-2-3-5-16(14)20(27)22-13-19(26)24-10-8-23(9-11-24)17-7-6-15(21)12-18(17)25(28)29/h2-7,12H,8-11,13H2,1H3,(H,22,27). The molecule has 2 aromatic rings. The summed E-state index contributed by atoms with van der Waals surface area (Å²) in [6, 6.07) is 11.7. The summed E-state index contributed by atoms with van der Waals surface area (Å²) in [5.74, 6) is -0.468. The van der Waals surface area contributed by atoms with Crippen molar-refractivity contribution in [2.45, 2.75) is 6.92 Å². The average Bonchev–Trinajstić information content (AvgIpc) is 2.72. The number of rotatable bonds is 5. The van der Waals surface area contributed by atoms with Gasteiger partial charge in [0, 0.05) is 42.8 Å². The van der Waals surface area contributed by atoms with Crippen molar-refractivity contribution in [2.75, 3.05) is 37.6 Å². The molecule has 1 heterocycles. The van der Waals surface area contributed by atoms with Crippen LogP contribution in [0.1, 0.15) is 15.9 Å². The van der Waals surface area contributed by atoms with E-state index in [2.05, 4.69) is 5.32 Å². The number of anilines is 1. The number of carbonyl (C=O) groups excluding carboxylic acids is 2. The van der Waals surface area contributed by atoms with Crippen LogP contribution in [-0.4, -0.2) is 54.4 Å². The zero-order valence-electron chi connectivity index (χ0n) is 15.9. The molecule has 8 nitrogen and oxygen atoms in total. The summed E-state index contributed by atoms with van der Waals surface area (Å²) < 4.78 is 0. The summed E-state index contributed by atoms with van der Waals surface area (Å²) >= 11 is 5.87. The molecule has 1 aliphatic rings. The first-order chi connectivity index (χ1) is 13.9. The Labute approximate surface area is 173 Å². The Balaban J connectivity index is 1.56. The molecule has 0 unspecified atom stereocenters. The molecule has 0 atom stereocenters. The molecule has 1 saturated heterocycles. The highest BCUT2D eigenvalue weighted by Gasteiger charge is 2.26. The summed E-state index contributed by atoms with van der Waals surface area (Å²) in [5.41, 5.74) is 1.82. The number of piperazine rings is 1. The van der Waals surface area contributed by atoms with Gasteiger partial charge < -0.3 is 15.1 Å². The van der Waals surface area contributed by atoms with E-state index in [9.17, 15) is 19.7 Å². The van der Waals surface area contributed by atoms with Gasteiger partial charge in [-0.05, 0) is 30.7 Å². The van der Waals surface area contributed by atoms with Gasteiger partial charge in [0.05, 0.1) is 11.5 Å². The molecule has 1 N–H and O–H groups in total. The minimum atomic E-state index is -0.458. The van der Waals surface area contributed by atoms with Crippen LogP contribution in [0.5, 0.6) is 0 Å². The van der Waals surface area contributed by atoms with E-state index >= 15 is 0 Å². The molecular weight excluding hydrogens is 396 g/mol. The van der Waals surface area contributed by atoms with Crippen LogP contribution >= 0.6 is 11.6 Å². The third-order valence-corrected chi connectivity index (χ3v) is 5.13. The van der Waals surface area contributed by atoms with E-state index in [1.165, 1.54) is 6.07 Å². The largest absolute Gasteiger partial charge is 0.362 e. The number of aryl methyl sites for hydroxylation is 1. The van der Waals surface area contributed by atoms with Gasteiger partial charge >= 0.3 is 0 Å². The Hall–Kier alpha value is -3.13. The number of nitro groups is 1. The van der Waals surface area contributed by atoms with E-state index in [1.54, 1.807) is 29.2 Å². The summed E-state index contributed by atoms with van der Waals surface area (Å²) in [7, 11) is 0. The fraction of sp³-hybridized carbons (Fsp3) is 0.300. The third-order valence-electron chi connectivity index (χ3n) is 4.90. The van der Waals surface area contributed by atoms with Crippen LogP contribution in [0.15, 0.2) is 42.5 Å². The Morgan fingerprint density at radius 2 is 1.83 bits per heavy atom. The third kappa shape index (κ3) is 4.83. The quantitative estimate of drug-likeness (QED) is 0.597. The Bertz CT molecular complexity index is 942. The molecule has 0 spiro atoms. The lowest BCUT2D eigenvalue weighted by molar-refractivity contribution is -0.384. The maximum atomic E-state index is 12.4. The van der Waals surface area contributed by atoms with Gasteiger partial charge in [-0.25, -0.2) is 0 Å². The van der Waals surface area contributed by atoms with E-state index in [0.29, 0.717) is 42.5 Å². The lowest BCUT2D eigenvalue weighted by Gasteiger charge is -2.35. The SMILES string of the molecule is Cc1ccccc1C(=O)NCC(=O)N1CCN(c2ccc(Cl)cc2[N+](=O)[O-])CC1. The predicted octanol–water partition coefficient (Wildman–Crippen LogP) is 2.64. The van der Waals surface area contributed by atoms with Crippen LogP contribution in [0.2, 0.25) is 5.02 Å². The van der Waals surface area contributed by atoms with Crippen molar-refractivity contribution >= 4 is 34.8 Å². The second-order valence-electron chi connectivity index (χ2n) is 6.76. The predicted molar refractivity (Wildman–Crippen MR) is 110 cm³/mol. The minimum absolute atomic E-state index is 0.0530. The zero-order valence-corrected chi connectivity index (χ0v) is 16.7. The van der Waals surface area contributed by atoms with E-state index in [1.807, 2.05) is 24.0 Å². The van der Waals surface area contributed by atoms with Crippen molar-refractivity contribution in [1.82, 2.24) is 10.2 Å². The van der Waals surface area contributed by atoms with Crippen molar-refractivity contribution < 1.29 is 14.5 Å². The van der Waals surface area contributed by atoms with E-state index in [-0.39, 0.29) is 24.0 Å². The number of hydrogen-bond donors (Lipinski definition) is 1. The van der Waals surface area contributed by atoms with Crippen LogP contribution in [-0.2, 0) is 4.79 Å².